The molecule has 4 rings (SSSR count). The van der Waals surface area contributed by atoms with Crippen LogP contribution in [0.1, 0.15) is 39.0 Å². The number of amides is 1. The Hall–Kier alpha value is -2.82. The molecule has 29 heavy (non-hydrogen) atoms. The zero-order chi connectivity index (χ0) is 20.5. The molecule has 3 aromatic carbocycles. The molecule has 1 N–H and O–H groups in total. The van der Waals surface area contributed by atoms with Crippen LogP contribution in [0.2, 0.25) is 10.0 Å². The Labute approximate surface area is 178 Å². The minimum absolute atomic E-state index is 0.201. The standard InChI is InChI=1S/C23H17Cl2NO3/c24-16-9-5-14(6-10-16)13-26-21(15-7-11-17(25)12-8-15)20(23(28)29)18-3-1-2-4-19(18)22(26)27/h1-12,20-21H,13H2,(H,28,29)/t20-,21-/m0/s1. The summed E-state index contributed by atoms with van der Waals surface area (Å²) in [6.07, 6.45) is 0. The quantitative estimate of drug-likeness (QED) is 0.595. The maximum Gasteiger partial charge on any atom is 0.313 e. The summed E-state index contributed by atoms with van der Waals surface area (Å²) >= 11 is 12.0. The van der Waals surface area contributed by atoms with Crippen molar-refractivity contribution < 1.29 is 14.7 Å². The molecular formula is C23H17Cl2NO3. The fourth-order valence-electron chi connectivity index (χ4n) is 3.85. The minimum Gasteiger partial charge on any atom is -0.481 e. The van der Waals surface area contributed by atoms with Gasteiger partial charge < -0.3 is 10.0 Å². The number of aliphatic carboxylic acids is 1. The molecule has 1 aliphatic rings. The summed E-state index contributed by atoms with van der Waals surface area (Å²) in [4.78, 5) is 27.3. The number of fused-ring (bicyclic) bond motifs is 1. The highest BCUT2D eigenvalue weighted by molar-refractivity contribution is 6.30. The molecule has 0 aliphatic carbocycles. The van der Waals surface area contributed by atoms with Crippen LogP contribution < -0.4 is 0 Å². The average Bonchev–Trinajstić information content (AvgIpc) is 2.72. The van der Waals surface area contributed by atoms with Crippen LogP contribution in [-0.4, -0.2) is 21.9 Å². The van der Waals surface area contributed by atoms with E-state index in [9.17, 15) is 14.7 Å². The first kappa shape index (κ1) is 19.5. The van der Waals surface area contributed by atoms with E-state index in [1.165, 1.54) is 0 Å². The van der Waals surface area contributed by atoms with Gasteiger partial charge in [-0.1, -0.05) is 65.7 Å². The lowest BCUT2D eigenvalue weighted by molar-refractivity contribution is -0.140. The van der Waals surface area contributed by atoms with Gasteiger partial charge in [0.25, 0.3) is 5.91 Å². The number of carbonyl (C=O) groups is 2. The smallest absolute Gasteiger partial charge is 0.313 e. The number of hydrogen-bond donors (Lipinski definition) is 1. The Morgan fingerprint density at radius 1 is 0.897 bits per heavy atom. The van der Waals surface area contributed by atoms with E-state index in [1.54, 1.807) is 65.6 Å². The zero-order valence-corrected chi connectivity index (χ0v) is 16.8. The lowest BCUT2D eigenvalue weighted by Crippen LogP contribution is -2.44. The molecule has 1 heterocycles. The van der Waals surface area contributed by atoms with Gasteiger partial charge in [0.05, 0.1) is 6.04 Å². The van der Waals surface area contributed by atoms with Gasteiger partial charge in [0, 0.05) is 22.2 Å². The third kappa shape index (κ3) is 3.74. The molecule has 1 amide bonds. The lowest BCUT2D eigenvalue weighted by Gasteiger charge is -2.41. The van der Waals surface area contributed by atoms with Crippen LogP contribution in [0.15, 0.2) is 72.8 Å². The van der Waals surface area contributed by atoms with Crippen molar-refractivity contribution in [1.29, 1.82) is 0 Å². The first-order chi connectivity index (χ1) is 14.0. The van der Waals surface area contributed by atoms with Crippen LogP contribution >= 0.6 is 23.2 Å². The van der Waals surface area contributed by atoms with Gasteiger partial charge in [-0.15, -0.1) is 0 Å². The summed E-state index contributed by atoms with van der Waals surface area (Å²) in [6, 6.07) is 20.4. The highest BCUT2D eigenvalue weighted by atomic mass is 35.5. The predicted molar refractivity (Wildman–Crippen MR) is 112 cm³/mol. The Morgan fingerprint density at radius 3 is 2.10 bits per heavy atom. The molecule has 6 heteroatoms. The fourth-order valence-corrected chi connectivity index (χ4v) is 4.10. The highest BCUT2D eigenvalue weighted by Gasteiger charge is 2.44. The van der Waals surface area contributed by atoms with Crippen LogP contribution in [0.5, 0.6) is 0 Å². The minimum atomic E-state index is -0.981. The van der Waals surface area contributed by atoms with Gasteiger partial charge in [-0.2, -0.15) is 0 Å². The van der Waals surface area contributed by atoms with E-state index in [-0.39, 0.29) is 12.5 Å². The van der Waals surface area contributed by atoms with Crippen LogP contribution in [0.4, 0.5) is 0 Å². The third-order valence-electron chi connectivity index (χ3n) is 5.18. The molecule has 4 nitrogen and oxygen atoms in total. The molecule has 0 fully saturated rings. The second kappa shape index (κ2) is 7.90. The van der Waals surface area contributed by atoms with Gasteiger partial charge in [0.15, 0.2) is 0 Å². The molecule has 146 valence electrons. The first-order valence-corrected chi connectivity index (χ1v) is 9.84. The Bertz CT molecular complexity index is 1060. The van der Waals surface area contributed by atoms with E-state index >= 15 is 0 Å². The van der Waals surface area contributed by atoms with Gasteiger partial charge in [0.1, 0.15) is 5.92 Å². The van der Waals surface area contributed by atoms with Crippen LogP contribution in [0.25, 0.3) is 0 Å². The molecule has 0 saturated heterocycles. The molecular weight excluding hydrogens is 409 g/mol. The van der Waals surface area contributed by atoms with Gasteiger partial charge in [-0.3, -0.25) is 9.59 Å². The van der Waals surface area contributed by atoms with Gasteiger partial charge in [-0.05, 0) is 47.0 Å². The second-order valence-electron chi connectivity index (χ2n) is 6.96. The predicted octanol–water partition coefficient (Wildman–Crippen LogP) is 5.56. The van der Waals surface area contributed by atoms with Crippen molar-refractivity contribution in [2.24, 2.45) is 0 Å². The molecule has 2 atom stereocenters. The van der Waals surface area contributed by atoms with E-state index in [1.807, 2.05) is 12.1 Å². The topological polar surface area (TPSA) is 57.6 Å². The summed E-state index contributed by atoms with van der Waals surface area (Å²) in [5.74, 6) is -2.07. The third-order valence-corrected chi connectivity index (χ3v) is 5.69. The average molecular weight is 426 g/mol. The SMILES string of the molecule is O=C(O)[C@H]1c2ccccc2C(=O)N(Cc2ccc(Cl)cc2)[C@H]1c1ccc(Cl)cc1. The van der Waals surface area contributed by atoms with Crippen molar-refractivity contribution in [2.75, 3.05) is 0 Å². The molecule has 0 unspecified atom stereocenters. The van der Waals surface area contributed by atoms with Crippen molar-refractivity contribution >= 4 is 35.1 Å². The maximum absolute atomic E-state index is 13.4. The number of carboxylic acids is 1. The molecule has 0 saturated carbocycles. The van der Waals surface area contributed by atoms with Crippen LogP contribution in [0.3, 0.4) is 0 Å². The summed E-state index contributed by atoms with van der Waals surface area (Å²) in [5, 5.41) is 11.2. The highest BCUT2D eigenvalue weighted by Crippen LogP contribution is 2.43. The van der Waals surface area contributed by atoms with E-state index in [0.29, 0.717) is 21.2 Å². The van der Waals surface area contributed by atoms with Crippen molar-refractivity contribution in [2.45, 2.75) is 18.5 Å². The van der Waals surface area contributed by atoms with Crippen molar-refractivity contribution in [1.82, 2.24) is 4.90 Å². The number of halogens is 2. The molecule has 0 bridgehead atoms. The number of carbonyl (C=O) groups excluding carboxylic acids is 1. The molecule has 0 spiro atoms. The van der Waals surface area contributed by atoms with Crippen molar-refractivity contribution in [3.05, 3.63) is 105 Å². The Morgan fingerprint density at radius 2 is 1.48 bits per heavy atom. The number of hydrogen-bond acceptors (Lipinski definition) is 2. The number of carboxylic acid groups (broad SMARTS) is 1. The second-order valence-corrected chi connectivity index (χ2v) is 7.83. The Balaban J connectivity index is 1.87. The summed E-state index contributed by atoms with van der Waals surface area (Å²) in [6.45, 7) is 0.265. The van der Waals surface area contributed by atoms with Gasteiger partial charge >= 0.3 is 5.97 Å². The number of benzene rings is 3. The summed E-state index contributed by atoms with van der Waals surface area (Å²) in [7, 11) is 0. The summed E-state index contributed by atoms with van der Waals surface area (Å²) in [5.41, 5.74) is 2.53. The van der Waals surface area contributed by atoms with E-state index in [2.05, 4.69) is 0 Å². The van der Waals surface area contributed by atoms with Gasteiger partial charge in [0.2, 0.25) is 0 Å². The van der Waals surface area contributed by atoms with Crippen LogP contribution in [-0.2, 0) is 11.3 Å². The van der Waals surface area contributed by atoms with E-state index < -0.39 is 17.9 Å². The monoisotopic (exact) mass is 425 g/mol. The summed E-state index contributed by atoms with van der Waals surface area (Å²) < 4.78 is 0. The fraction of sp³-hybridized carbons (Fsp3) is 0.130. The maximum atomic E-state index is 13.4. The Kier molecular flexibility index (Phi) is 5.31. The van der Waals surface area contributed by atoms with Crippen molar-refractivity contribution in [3.8, 4) is 0 Å². The number of nitrogens with zero attached hydrogens (tertiary/aromatic N) is 1. The van der Waals surface area contributed by atoms with E-state index in [0.717, 1.165) is 11.1 Å². The number of rotatable bonds is 4. The van der Waals surface area contributed by atoms with Gasteiger partial charge in [-0.25, -0.2) is 0 Å². The normalized spacial score (nSPS) is 18.4. The zero-order valence-electron chi connectivity index (χ0n) is 15.3. The van der Waals surface area contributed by atoms with Crippen molar-refractivity contribution in [3.63, 3.8) is 0 Å². The molecule has 1 aliphatic heterocycles. The first-order valence-electron chi connectivity index (χ1n) is 9.08. The molecule has 0 radical (unpaired) electrons. The lowest BCUT2D eigenvalue weighted by atomic mass is 9.79. The van der Waals surface area contributed by atoms with E-state index in [4.69, 9.17) is 23.2 Å². The molecule has 3 aromatic rings. The largest absolute Gasteiger partial charge is 0.481 e. The molecule has 0 aromatic heterocycles. The van der Waals surface area contributed by atoms with Crippen LogP contribution in [0, 0.1) is 0 Å².